The minimum Gasteiger partial charge on any atom is -0.321 e. The van der Waals surface area contributed by atoms with Gasteiger partial charge in [-0.3, -0.25) is 4.40 Å². The molecule has 0 aliphatic rings. The van der Waals surface area contributed by atoms with Gasteiger partial charge in [0.15, 0.2) is 0 Å². The van der Waals surface area contributed by atoms with E-state index in [0.29, 0.717) is 5.78 Å². The van der Waals surface area contributed by atoms with Crippen molar-refractivity contribution in [3.05, 3.63) is 30.4 Å². The van der Waals surface area contributed by atoms with E-state index < -0.39 is 0 Å². The third kappa shape index (κ3) is 1.29. The Hall–Kier alpha value is -1.42. The summed E-state index contributed by atoms with van der Waals surface area (Å²) in [5, 5.41) is 0. The second-order valence-corrected chi connectivity index (χ2v) is 3.65. The molecule has 0 aliphatic carbocycles. The summed E-state index contributed by atoms with van der Waals surface area (Å²) < 4.78 is 1.90. The van der Waals surface area contributed by atoms with Crippen molar-refractivity contribution in [1.29, 1.82) is 0 Å². The van der Waals surface area contributed by atoms with Gasteiger partial charge in [-0.05, 0) is 19.9 Å². The van der Waals surface area contributed by atoms with Gasteiger partial charge in [-0.1, -0.05) is 0 Å². The van der Waals surface area contributed by atoms with Crippen molar-refractivity contribution in [3.8, 4) is 0 Å². The SMILES string of the molecule is CC(C)(N)c1cnc2ncccn12. The van der Waals surface area contributed by atoms with Gasteiger partial charge in [0.1, 0.15) is 0 Å². The zero-order valence-electron chi connectivity index (χ0n) is 7.73. The number of imidazole rings is 1. The second kappa shape index (κ2) is 2.53. The third-order valence-corrected chi connectivity index (χ3v) is 1.95. The van der Waals surface area contributed by atoms with Crippen LogP contribution in [-0.2, 0) is 5.54 Å². The molecule has 4 heteroatoms. The summed E-state index contributed by atoms with van der Waals surface area (Å²) in [7, 11) is 0. The molecule has 0 atom stereocenters. The number of aromatic nitrogens is 3. The van der Waals surface area contributed by atoms with Gasteiger partial charge in [0.05, 0.1) is 17.4 Å². The van der Waals surface area contributed by atoms with Crippen molar-refractivity contribution in [2.45, 2.75) is 19.4 Å². The first-order valence-corrected chi connectivity index (χ1v) is 4.16. The van der Waals surface area contributed by atoms with Crippen LogP contribution in [-0.4, -0.2) is 14.4 Å². The van der Waals surface area contributed by atoms with Crippen LogP contribution in [0.2, 0.25) is 0 Å². The molecule has 0 aliphatic heterocycles. The van der Waals surface area contributed by atoms with Crippen LogP contribution in [0.15, 0.2) is 24.7 Å². The molecule has 0 amide bonds. The molecule has 2 rings (SSSR count). The van der Waals surface area contributed by atoms with E-state index in [4.69, 9.17) is 5.73 Å². The van der Waals surface area contributed by atoms with Crippen LogP contribution in [0.4, 0.5) is 0 Å². The molecule has 0 spiro atoms. The Morgan fingerprint density at radius 3 is 2.85 bits per heavy atom. The molecule has 0 unspecified atom stereocenters. The fraction of sp³-hybridized carbons (Fsp3) is 0.333. The Morgan fingerprint density at radius 1 is 1.38 bits per heavy atom. The monoisotopic (exact) mass is 176 g/mol. The first-order chi connectivity index (χ1) is 6.09. The van der Waals surface area contributed by atoms with Crippen LogP contribution in [0.5, 0.6) is 0 Å². The fourth-order valence-corrected chi connectivity index (χ4v) is 1.30. The van der Waals surface area contributed by atoms with Crippen LogP contribution >= 0.6 is 0 Å². The summed E-state index contributed by atoms with van der Waals surface area (Å²) in [6.07, 6.45) is 5.40. The van der Waals surface area contributed by atoms with E-state index >= 15 is 0 Å². The summed E-state index contributed by atoms with van der Waals surface area (Å²) in [5.74, 6) is 0.691. The summed E-state index contributed by atoms with van der Waals surface area (Å²) in [4.78, 5) is 8.27. The molecule has 0 radical (unpaired) electrons. The summed E-state index contributed by atoms with van der Waals surface area (Å²) in [6.45, 7) is 3.90. The number of fused-ring (bicyclic) bond motifs is 1. The maximum absolute atomic E-state index is 5.98. The molecule has 0 saturated carbocycles. The van der Waals surface area contributed by atoms with Crippen LogP contribution in [0.3, 0.4) is 0 Å². The van der Waals surface area contributed by atoms with Crippen molar-refractivity contribution in [1.82, 2.24) is 14.4 Å². The number of nitrogens with two attached hydrogens (primary N) is 1. The molecule has 2 heterocycles. The largest absolute Gasteiger partial charge is 0.321 e. The zero-order chi connectivity index (χ0) is 9.47. The Kier molecular flexibility index (Phi) is 1.60. The van der Waals surface area contributed by atoms with E-state index in [9.17, 15) is 0 Å². The van der Waals surface area contributed by atoms with Gasteiger partial charge in [0.2, 0.25) is 5.78 Å². The number of rotatable bonds is 1. The molecule has 2 N–H and O–H groups in total. The van der Waals surface area contributed by atoms with Gasteiger partial charge >= 0.3 is 0 Å². The third-order valence-electron chi connectivity index (χ3n) is 1.95. The standard InChI is InChI=1S/C9H12N4/c1-9(2,10)7-6-12-8-11-4-3-5-13(7)8/h3-6H,10H2,1-2H3. The van der Waals surface area contributed by atoms with E-state index in [1.54, 1.807) is 12.4 Å². The van der Waals surface area contributed by atoms with Gasteiger partial charge in [-0.25, -0.2) is 9.97 Å². The van der Waals surface area contributed by atoms with Crippen molar-refractivity contribution in [2.75, 3.05) is 0 Å². The maximum Gasteiger partial charge on any atom is 0.233 e. The van der Waals surface area contributed by atoms with E-state index in [1.165, 1.54) is 0 Å². The molecular formula is C9H12N4. The molecule has 4 nitrogen and oxygen atoms in total. The maximum atomic E-state index is 5.98. The molecular weight excluding hydrogens is 164 g/mol. The minimum absolute atomic E-state index is 0.386. The van der Waals surface area contributed by atoms with E-state index in [0.717, 1.165) is 5.69 Å². The Morgan fingerprint density at radius 2 is 2.15 bits per heavy atom. The highest BCUT2D eigenvalue weighted by molar-refractivity contribution is 5.32. The predicted octanol–water partition coefficient (Wildman–Crippen LogP) is 0.923. The lowest BCUT2D eigenvalue weighted by Gasteiger charge is -2.17. The molecule has 0 saturated heterocycles. The lowest BCUT2D eigenvalue weighted by molar-refractivity contribution is 0.530. The van der Waals surface area contributed by atoms with Crippen LogP contribution in [0, 0.1) is 0 Å². The summed E-state index contributed by atoms with van der Waals surface area (Å²) in [6, 6.07) is 1.86. The molecule has 68 valence electrons. The molecule has 0 aromatic carbocycles. The second-order valence-electron chi connectivity index (χ2n) is 3.65. The highest BCUT2D eigenvalue weighted by Gasteiger charge is 2.18. The molecule has 2 aromatic rings. The fourth-order valence-electron chi connectivity index (χ4n) is 1.30. The molecule has 0 bridgehead atoms. The molecule has 13 heavy (non-hydrogen) atoms. The average molecular weight is 176 g/mol. The van der Waals surface area contributed by atoms with Crippen molar-refractivity contribution in [2.24, 2.45) is 5.73 Å². The first kappa shape index (κ1) is 8.19. The van der Waals surface area contributed by atoms with Gasteiger partial charge in [-0.2, -0.15) is 0 Å². The van der Waals surface area contributed by atoms with Crippen LogP contribution < -0.4 is 5.73 Å². The minimum atomic E-state index is -0.386. The van der Waals surface area contributed by atoms with Gasteiger partial charge in [-0.15, -0.1) is 0 Å². The lowest BCUT2D eigenvalue weighted by atomic mass is 10.0. The predicted molar refractivity (Wildman–Crippen MR) is 50.2 cm³/mol. The summed E-state index contributed by atoms with van der Waals surface area (Å²) in [5.41, 5.74) is 6.56. The molecule has 0 fully saturated rings. The topological polar surface area (TPSA) is 56.2 Å². The highest BCUT2D eigenvalue weighted by Crippen LogP contribution is 2.16. The van der Waals surface area contributed by atoms with Crippen molar-refractivity contribution in [3.63, 3.8) is 0 Å². The number of hydrogen-bond donors (Lipinski definition) is 1. The van der Waals surface area contributed by atoms with E-state index in [1.807, 2.05) is 30.5 Å². The lowest BCUT2D eigenvalue weighted by Crippen LogP contribution is -2.30. The summed E-state index contributed by atoms with van der Waals surface area (Å²) >= 11 is 0. The Labute approximate surface area is 76.4 Å². The smallest absolute Gasteiger partial charge is 0.233 e. The highest BCUT2D eigenvalue weighted by atomic mass is 15.1. The Bertz CT molecular complexity index is 424. The van der Waals surface area contributed by atoms with Gasteiger partial charge < -0.3 is 5.73 Å². The van der Waals surface area contributed by atoms with Gasteiger partial charge in [0, 0.05) is 12.4 Å². The zero-order valence-corrected chi connectivity index (χ0v) is 7.73. The average Bonchev–Trinajstić information content (AvgIpc) is 2.45. The first-order valence-electron chi connectivity index (χ1n) is 4.16. The normalized spacial score (nSPS) is 12.2. The number of hydrogen-bond acceptors (Lipinski definition) is 3. The Balaban J connectivity index is 2.72. The van der Waals surface area contributed by atoms with Crippen LogP contribution in [0.1, 0.15) is 19.5 Å². The van der Waals surface area contributed by atoms with Gasteiger partial charge in [0.25, 0.3) is 0 Å². The van der Waals surface area contributed by atoms with Crippen molar-refractivity contribution >= 4 is 5.78 Å². The number of nitrogens with zero attached hydrogens (tertiary/aromatic N) is 3. The molecule has 2 aromatic heterocycles. The van der Waals surface area contributed by atoms with E-state index in [2.05, 4.69) is 9.97 Å². The van der Waals surface area contributed by atoms with Crippen LogP contribution in [0.25, 0.3) is 5.78 Å². The van der Waals surface area contributed by atoms with Crippen molar-refractivity contribution < 1.29 is 0 Å². The van der Waals surface area contributed by atoms with E-state index in [-0.39, 0.29) is 5.54 Å². The quantitative estimate of drug-likeness (QED) is 0.703.